The van der Waals surface area contributed by atoms with Gasteiger partial charge in [0.15, 0.2) is 5.82 Å². The molecule has 192 valence electrons. The zero-order valence-corrected chi connectivity index (χ0v) is 20.7. The first kappa shape index (κ1) is 22.8. The standard InChI is InChI=1S/C29H22N6O4/c1-39-18-12-13-20-19(14-18)29(27(37)35(20)15-16-8-4-2-5-9-16)21-23(17-10-6-3-7-11-17)33-34-25(21)30-24-22(29)26(36)32-28(38)31-24/h2-14H,15H2,1H3,(H4,30,31,32,33,34,36,38). The molecule has 1 amide bonds. The predicted molar refractivity (Wildman–Crippen MR) is 145 cm³/mol. The van der Waals surface area contributed by atoms with Crippen LogP contribution < -0.4 is 26.2 Å². The molecule has 10 nitrogen and oxygen atoms in total. The minimum Gasteiger partial charge on any atom is -0.497 e. The second-order valence-electron chi connectivity index (χ2n) is 9.48. The van der Waals surface area contributed by atoms with E-state index in [0.29, 0.717) is 34.1 Å². The van der Waals surface area contributed by atoms with Gasteiger partial charge >= 0.3 is 5.69 Å². The molecule has 0 aliphatic carbocycles. The first-order chi connectivity index (χ1) is 19.0. The van der Waals surface area contributed by atoms with Crippen molar-refractivity contribution in [2.45, 2.75) is 12.0 Å². The lowest BCUT2D eigenvalue weighted by molar-refractivity contribution is -0.120. The van der Waals surface area contributed by atoms with E-state index in [4.69, 9.17) is 4.74 Å². The number of nitrogens with one attached hydrogen (secondary N) is 4. The van der Waals surface area contributed by atoms with Gasteiger partial charge in [-0.25, -0.2) is 4.79 Å². The van der Waals surface area contributed by atoms with Crippen LogP contribution in [-0.4, -0.2) is 33.2 Å². The minimum atomic E-state index is -1.63. The molecule has 39 heavy (non-hydrogen) atoms. The molecular formula is C29H22N6O4. The van der Waals surface area contributed by atoms with Crippen molar-refractivity contribution in [3.63, 3.8) is 0 Å². The highest BCUT2D eigenvalue weighted by Crippen LogP contribution is 2.57. The average Bonchev–Trinajstić information content (AvgIpc) is 3.47. The zero-order chi connectivity index (χ0) is 26.7. The summed E-state index contributed by atoms with van der Waals surface area (Å²) in [6.45, 7) is 0.276. The van der Waals surface area contributed by atoms with Crippen LogP contribution in [0.4, 0.5) is 17.3 Å². The third-order valence-electron chi connectivity index (χ3n) is 7.41. The molecule has 1 unspecified atom stereocenters. The van der Waals surface area contributed by atoms with Crippen molar-refractivity contribution in [1.82, 2.24) is 20.2 Å². The first-order valence-corrected chi connectivity index (χ1v) is 12.3. The summed E-state index contributed by atoms with van der Waals surface area (Å²) >= 11 is 0. The third-order valence-corrected chi connectivity index (χ3v) is 7.41. The molecule has 4 heterocycles. The van der Waals surface area contributed by atoms with Crippen LogP contribution in [0.1, 0.15) is 22.3 Å². The number of fused-ring (bicyclic) bond motifs is 6. The van der Waals surface area contributed by atoms with Crippen LogP contribution in [0.3, 0.4) is 0 Å². The summed E-state index contributed by atoms with van der Waals surface area (Å²) in [6.07, 6.45) is 0. The van der Waals surface area contributed by atoms with Crippen molar-refractivity contribution in [2.24, 2.45) is 0 Å². The Balaban J connectivity index is 1.60. The predicted octanol–water partition coefficient (Wildman–Crippen LogP) is 3.40. The Labute approximate surface area is 221 Å². The number of hydrogen-bond acceptors (Lipinski definition) is 6. The first-order valence-electron chi connectivity index (χ1n) is 12.3. The van der Waals surface area contributed by atoms with Crippen LogP contribution in [0.2, 0.25) is 0 Å². The molecule has 0 saturated carbocycles. The van der Waals surface area contributed by atoms with Crippen LogP contribution in [0.15, 0.2) is 88.5 Å². The van der Waals surface area contributed by atoms with Gasteiger partial charge in [-0.15, -0.1) is 0 Å². The summed E-state index contributed by atoms with van der Waals surface area (Å²) in [5, 5.41) is 10.7. The number of benzene rings is 3. The normalized spacial score (nSPS) is 16.9. The van der Waals surface area contributed by atoms with E-state index in [1.54, 1.807) is 24.1 Å². The van der Waals surface area contributed by atoms with Crippen LogP contribution in [0.25, 0.3) is 11.3 Å². The second-order valence-corrected chi connectivity index (χ2v) is 9.48. The van der Waals surface area contributed by atoms with Gasteiger partial charge in [0.25, 0.3) is 5.56 Å². The number of carbonyl (C=O) groups excluding carboxylic acids is 1. The summed E-state index contributed by atoms with van der Waals surface area (Å²) in [7, 11) is 1.55. The quantitative estimate of drug-likeness (QED) is 0.288. The number of aromatic amines is 3. The van der Waals surface area contributed by atoms with Crippen LogP contribution in [0.5, 0.6) is 5.75 Å². The van der Waals surface area contributed by atoms with E-state index >= 15 is 0 Å². The number of amides is 1. The maximum absolute atomic E-state index is 15.0. The molecule has 2 aromatic heterocycles. The van der Waals surface area contributed by atoms with Gasteiger partial charge in [0.05, 0.1) is 24.9 Å². The second kappa shape index (κ2) is 8.32. The van der Waals surface area contributed by atoms with E-state index in [1.165, 1.54) is 0 Å². The molecule has 0 fully saturated rings. The van der Waals surface area contributed by atoms with Crippen LogP contribution >= 0.6 is 0 Å². The summed E-state index contributed by atoms with van der Waals surface area (Å²) in [5.41, 5.74) is 1.06. The Kier molecular flexibility index (Phi) is 4.86. The number of methoxy groups -OCH3 is 1. The fourth-order valence-corrected chi connectivity index (χ4v) is 5.80. The van der Waals surface area contributed by atoms with E-state index < -0.39 is 16.7 Å². The van der Waals surface area contributed by atoms with E-state index in [-0.39, 0.29) is 23.8 Å². The monoisotopic (exact) mass is 518 g/mol. The van der Waals surface area contributed by atoms with Crippen molar-refractivity contribution in [3.05, 3.63) is 122 Å². The van der Waals surface area contributed by atoms with E-state index in [1.807, 2.05) is 66.7 Å². The maximum Gasteiger partial charge on any atom is 0.327 e. The number of rotatable bonds is 4. The summed E-state index contributed by atoms with van der Waals surface area (Å²) < 4.78 is 5.57. The highest BCUT2D eigenvalue weighted by atomic mass is 16.5. The Bertz CT molecular complexity index is 1880. The molecule has 3 aromatic carbocycles. The number of carbonyl (C=O) groups is 1. The van der Waals surface area contributed by atoms with Crippen molar-refractivity contribution >= 4 is 23.2 Å². The lowest BCUT2D eigenvalue weighted by atomic mass is 9.68. The molecule has 7 rings (SSSR count). The van der Waals surface area contributed by atoms with Gasteiger partial charge in [-0.05, 0) is 29.3 Å². The minimum absolute atomic E-state index is 0.0863. The lowest BCUT2D eigenvalue weighted by Crippen LogP contribution is -2.49. The molecule has 2 aliphatic heterocycles. The van der Waals surface area contributed by atoms with Crippen molar-refractivity contribution in [3.8, 4) is 17.0 Å². The molecular weight excluding hydrogens is 496 g/mol. The highest BCUT2D eigenvalue weighted by molar-refractivity contribution is 6.16. The number of H-pyrrole nitrogens is 3. The van der Waals surface area contributed by atoms with Gasteiger partial charge < -0.3 is 15.0 Å². The van der Waals surface area contributed by atoms with Crippen molar-refractivity contribution in [2.75, 3.05) is 17.3 Å². The Hall–Kier alpha value is -5.38. The molecule has 5 aromatic rings. The molecule has 1 spiro atoms. The van der Waals surface area contributed by atoms with Crippen LogP contribution in [0, 0.1) is 0 Å². The molecule has 1 atom stereocenters. The topological polar surface area (TPSA) is 136 Å². The van der Waals surface area contributed by atoms with E-state index in [0.717, 1.165) is 11.1 Å². The van der Waals surface area contributed by atoms with Gasteiger partial charge in [0.1, 0.15) is 17.0 Å². The Morgan fingerprint density at radius 2 is 1.64 bits per heavy atom. The van der Waals surface area contributed by atoms with Crippen molar-refractivity contribution < 1.29 is 9.53 Å². The number of aromatic nitrogens is 4. The van der Waals surface area contributed by atoms with Gasteiger partial charge in [-0.3, -0.25) is 24.7 Å². The summed E-state index contributed by atoms with van der Waals surface area (Å²) in [5.74, 6) is 0.641. The summed E-state index contributed by atoms with van der Waals surface area (Å²) in [4.78, 5) is 47.6. The fraction of sp³-hybridized carbons (Fsp3) is 0.103. The summed E-state index contributed by atoms with van der Waals surface area (Å²) in [6, 6.07) is 24.5. The van der Waals surface area contributed by atoms with Gasteiger partial charge in [-0.1, -0.05) is 60.7 Å². The number of nitrogens with zero attached hydrogens (tertiary/aromatic N) is 2. The molecule has 0 saturated heterocycles. The molecule has 0 bridgehead atoms. The van der Waals surface area contributed by atoms with E-state index in [9.17, 15) is 14.4 Å². The van der Waals surface area contributed by atoms with Crippen LogP contribution in [-0.2, 0) is 16.8 Å². The lowest BCUT2D eigenvalue weighted by Gasteiger charge is -2.34. The van der Waals surface area contributed by atoms with Gasteiger partial charge in [0.2, 0.25) is 5.91 Å². The average molecular weight is 519 g/mol. The SMILES string of the molecule is COc1ccc2c(c1)C1(C(=O)N2Cc2ccccc2)c2c(n[nH]c2-c2ccccc2)Nc2[nH]c(=O)[nH]c(=O)c21. The highest BCUT2D eigenvalue weighted by Gasteiger charge is 2.60. The smallest absolute Gasteiger partial charge is 0.327 e. The van der Waals surface area contributed by atoms with Crippen molar-refractivity contribution in [1.29, 1.82) is 0 Å². The third kappa shape index (κ3) is 3.14. The zero-order valence-electron chi connectivity index (χ0n) is 20.7. The molecule has 0 radical (unpaired) electrons. The molecule has 4 N–H and O–H groups in total. The molecule has 10 heteroatoms. The largest absolute Gasteiger partial charge is 0.497 e. The van der Waals surface area contributed by atoms with Gasteiger partial charge in [-0.2, -0.15) is 5.10 Å². The number of hydrogen-bond donors (Lipinski definition) is 4. The number of ether oxygens (including phenoxy) is 1. The number of anilines is 3. The Morgan fingerprint density at radius 3 is 2.38 bits per heavy atom. The van der Waals surface area contributed by atoms with E-state index in [2.05, 4.69) is 25.5 Å². The maximum atomic E-state index is 15.0. The molecule has 2 aliphatic rings. The Morgan fingerprint density at radius 1 is 0.897 bits per heavy atom. The fourth-order valence-electron chi connectivity index (χ4n) is 5.80. The van der Waals surface area contributed by atoms with Gasteiger partial charge in [0, 0.05) is 16.8 Å².